The zero-order valence-electron chi connectivity index (χ0n) is 50.5. The van der Waals surface area contributed by atoms with E-state index >= 15 is 0 Å². The normalized spacial score (nSPS) is 14.7. The van der Waals surface area contributed by atoms with Gasteiger partial charge in [0.2, 0.25) is 23.5 Å². The van der Waals surface area contributed by atoms with E-state index in [0.29, 0.717) is 56.6 Å². The summed E-state index contributed by atoms with van der Waals surface area (Å²) in [5.41, 5.74) is 6.21. The fourth-order valence-corrected chi connectivity index (χ4v) is 10.6. The predicted octanol–water partition coefficient (Wildman–Crippen LogP) is 11.8. The van der Waals surface area contributed by atoms with Gasteiger partial charge in [-0.2, -0.15) is 10.4 Å². The van der Waals surface area contributed by atoms with Crippen molar-refractivity contribution in [2.75, 3.05) is 33.4 Å². The van der Waals surface area contributed by atoms with Gasteiger partial charge in [0, 0.05) is 46.2 Å². The van der Waals surface area contributed by atoms with Crippen LogP contribution in [-0.4, -0.2) is 95.3 Å². The molecule has 2 heterocycles. The van der Waals surface area contributed by atoms with Crippen molar-refractivity contribution in [3.8, 4) is 33.9 Å². The number of nitrogens with one attached hydrogen (secondary N) is 4. The number of hydrogen-bond acceptors (Lipinski definition) is 12. The highest BCUT2D eigenvalue weighted by Crippen LogP contribution is 2.39. The zero-order valence-corrected chi connectivity index (χ0v) is 48.1. The third-order valence-corrected chi connectivity index (χ3v) is 14.5. The molecule has 6 aromatic carbocycles. The minimum absolute atomic E-state index is 0.0131. The van der Waals surface area contributed by atoms with Gasteiger partial charge in [-0.3, -0.25) is 9.59 Å². The second-order valence-electron chi connectivity index (χ2n) is 20.9. The summed E-state index contributed by atoms with van der Waals surface area (Å²) in [6.07, 6.45) is 9.86. The van der Waals surface area contributed by atoms with Crippen molar-refractivity contribution < 1.29 is 33.9 Å². The summed E-state index contributed by atoms with van der Waals surface area (Å²) in [7, 11) is -1.54. The number of anilines is 4. The molecule has 2 amide bonds. The molecular weight excluding hydrogens is 1110 g/mol. The molecule has 0 bridgehead atoms. The SMILES string of the molecule is OB(O)c1ccccc1-c1nn[nH]n1.[2H]C([2H])(C(C)C)N(c1ccc(-c2ccccc2-c2nn[nH]n2)cc1NC(=O)Cc1ccccc1F)C1CCCCC1.[2H]C([2H])(C(C)C)N(c1ccc(Br)cc1NC(=O)Cc1ccccc1F)C1CCCCC1. The largest absolute Gasteiger partial charge is 0.489 e. The lowest BCUT2D eigenvalue weighted by Crippen LogP contribution is -2.40. The monoisotopic (exact) mass is 1180 g/mol. The topological polar surface area (TPSA) is 214 Å². The highest BCUT2D eigenvalue weighted by molar-refractivity contribution is 9.10. The number of carbonyl (C=O) groups is 2. The third-order valence-electron chi connectivity index (χ3n) is 14.0. The Morgan fingerprint density at radius 2 is 1.05 bits per heavy atom. The van der Waals surface area contributed by atoms with E-state index in [9.17, 15) is 18.4 Å². The molecule has 0 radical (unpaired) electrons. The van der Waals surface area contributed by atoms with Crippen LogP contribution in [0.5, 0.6) is 0 Å². The molecule has 2 fully saturated rings. The number of amides is 2. The number of halogens is 3. The number of aromatic amines is 2. The molecule has 82 heavy (non-hydrogen) atoms. The van der Waals surface area contributed by atoms with Gasteiger partial charge < -0.3 is 30.5 Å². The first-order valence-corrected chi connectivity index (χ1v) is 28.6. The molecule has 0 unspecified atom stereocenters. The molecule has 0 spiro atoms. The number of rotatable bonds is 18. The van der Waals surface area contributed by atoms with Crippen LogP contribution in [0.2, 0.25) is 0 Å². The predicted molar refractivity (Wildman–Crippen MR) is 324 cm³/mol. The molecule has 2 aliphatic rings. The van der Waals surface area contributed by atoms with Crippen molar-refractivity contribution in [2.24, 2.45) is 11.8 Å². The lowest BCUT2D eigenvalue weighted by atomic mass is 9.77. The van der Waals surface area contributed by atoms with Crippen LogP contribution in [-0.2, 0) is 22.4 Å². The van der Waals surface area contributed by atoms with Crippen molar-refractivity contribution >= 4 is 63.1 Å². The maximum Gasteiger partial charge on any atom is 0.489 e. The minimum Gasteiger partial charge on any atom is -0.423 e. The Morgan fingerprint density at radius 3 is 1.52 bits per heavy atom. The smallest absolute Gasteiger partial charge is 0.423 e. The van der Waals surface area contributed by atoms with Crippen molar-refractivity contribution in [1.29, 1.82) is 0 Å². The Kier molecular flexibility index (Phi) is 20.0. The lowest BCUT2D eigenvalue weighted by molar-refractivity contribution is -0.116. The second kappa shape index (κ2) is 29.9. The number of tetrazole rings is 2. The van der Waals surface area contributed by atoms with Gasteiger partial charge in [-0.05, 0) is 118 Å². The Labute approximate surface area is 492 Å². The summed E-state index contributed by atoms with van der Waals surface area (Å²) in [4.78, 5) is 29.9. The summed E-state index contributed by atoms with van der Waals surface area (Å²) in [5, 5.41) is 51.8. The van der Waals surface area contributed by atoms with Gasteiger partial charge in [-0.15, -0.1) is 20.4 Å². The Morgan fingerprint density at radius 1 is 0.610 bits per heavy atom. The summed E-state index contributed by atoms with van der Waals surface area (Å²) in [6.45, 7) is 4.26. The van der Waals surface area contributed by atoms with Gasteiger partial charge >= 0.3 is 7.12 Å². The third kappa shape index (κ3) is 16.7. The van der Waals surface area contributed by atoms with Crippen LogP contribution < -0.4 is 25.9 Å². The van der Waals surface area contributed by atoms with Crippen molar-refractivity contribution in [3.05, 3.63) is 161 Å². The van der Waals surface area contributed by atoms with Crippen LogP contribution >= 0.6 is 15.9 Å². The standard InChI is InChI=1S/C31H35FN6O.C24H30BrFN2O.C7H7BN4O2/c1-21(2)20-38(24-11-4-3-5-12-24)29-17-16-22(25-13-7-8-14-26(25)31-34-36-37-35-31)18-28(29)33-30(39)19-23-10-6-9-15-27(23)32;1-17(2)16-28(20-9-4-3-5-10-20)23-13-12-19(25)15-22(23)27-24(29)14-18-8-6-7-11-21(18)26;13-8(14)6-4-2-1-3-5(6)7-9-11-12-10-7/h6-10,13-18,21,24H,3-5,11-12,19-20H2,1-2H3,(H,33,39)(H,34,35,36,37);6-8,11-13,15,17,20H,3-5,9-10,14,16H2,1-2H3,(H,27,29);1-4,13-14H,(H,9,10,11,12)/i20D2;16D2;. The Hall–Kier alpha value is -7.68. The maximum absolute atomic E-state index is 14.4. The van der Waals surface area contributed by atoms with Gasteiger partial charge in [0.25, 0.3) is 0 Å². The van der Waals surface area contributed by atoms with Gasteiger partial charge in [0.05, 0.1) is 35.6 Å². The maximum atomic E-state index is 14.4. The average molecular weight is 1180 g/mol. The van der Waals surface area contributed by atoms with E-state index in [2.05, 4.69) is 67.8 Å². The van der Waals surface area contributed by atoms with Gasteiger partial charge in [-0.25, -0.2) is 8.78 Å². The summed E-state index contributed by atoms with van der Waals surface area (Å²) < 4.78 is 65.2. The van der Waals surface area contributed by atoms with Crippen LogP contribution in [0.4, 0.5) is 31.5 Å². The van der Waals surface area contributed by atoms with E-state index in [1.165, 1.54) is 18.6 Å². The number of H-pyrrole nitrogens is 2. The summed E-state index contributed by atoms with van der Waals surface area (Å²) in [5.74, 6) is -1.32. The van der Waals surface area contributed by atoms with Crippen molar-refractivity contribution in [1.82, 2.24) is 41.2 Å². The van der Waals surface area contributed by atoms with E-state index in [1.54, 1.807) is 66.7 Å². The van der Waals surface area contributed by atoms with Crippen LogP contribution in [0, 0.1) is 23.5 Å². The number of hydrogen-bond donors (Lipinski definition) is 6. The molecule has 6 N–H and O–H groups in total. The molecule has 2 aromatic heterocycles. The highest BCUT2D eigenvalue weighted by Gasteiger charge is 2.28. The Bertz CT molecular complexity index is 3500. The zero-order chi connectivity index (χ0) is 61.5. The van der Waals surface area contributed by atoms with Gasteiger partial charge in [-0.1, -0.05) is 173 Å². The number of aromatic nitrogens is 8. The van der Waals surface area contributed by atoms with E-state index in [-0.39, 0.29) is 48.6 Å². The lowest BCUT2D eigenvalue weighted by Gasteiger charge is -2.38. The second-order valence-corrected chi connectivity index (χ2v) is 21.8. The van der Waals surface area contributed by atoms with Gasteiger partial charge in [0.15, 0.2) is 0 Å². The van der Waals surface area contributed by atoms with Crippen LogP contribution in [0.25, 0.3) is 33.9 Å². The van der Waals surface area contributed by atoms with Gasteiger partial charge in [0.1, 0.15) is 11.6 Å². The molecule has 2 aliphatic carbocycles. The molecular formula is C62H72BBrF2N12O4. The molecule has 0 saturated heterocycles. The number of benzene rings is 6. The van der Waals surface area contributed by atoms with E-state index in [0.717, 1.165) is 79.0 Å². The number of carbonyl (C=O) groups excluding carboxylic acids is 2. The van der Waals surface area contributed by atoms with Crippen LogP contribution in [0.1, 0.15) is 109 Å². The molecule has 8 aromatic rings. The molecule has 10 rings (SSSR count). The quantitative estimate of drug-likeness (QED) is 0.0443. The molecule has 20 heteroatoms. The van der Waals surface area contributed by atoms with E-state index in [1.807, 2.05) is 92.1 Å². The molecule has 428 valence electrons. The fraction of sp³-hybridized carbons (Fsp3) is 0.355. The minimum atomic E-state index is -1.67. The molecule has 0 atom stereocenters. The molecule has 2 saturated carbocycles. The Balaban J connectivity index is 0.000000187. The summed E-state index contributed by atoms with van der Waals surface area (Å²) >= 11 is 3.47. The summed E-state index contributed by atoms with van der Waals surface area (Å²) in [6, 6.07) is 38.1. The first kappa shape index (κ1) is 54.9. The highest BCUT2D eigenvalue weighted by atomic mass is 79.9. The van der Waals surface area contributed by atoms with E-state index < -0.39 is 31.7 Å². The average Bonchev–Trinajstić information content (AvgIpc) is 1.73. The first-order chi connectivity index (χ1) is 41.2. The van der Waals surface area contributed by atoms with Crippen molar-refractivity contribution in [3.63, 3.8) is 0 Å². The van der Waals surface area contributed by atoms with Crippen LogP contribution in [0.15, 0.2) is 138 Å². The van der Waals surface area contributed by atoms with Crippen molar-refractivity contribution in [2.45, 2.75) is 117 Å². The number of nitrogens with zero attached hydrogens (tertiary/aromatic N) is 8. The first-order valence-electron chi connectivity index (χ1n) is 29.8. The molecule has 0 aliphatic heterocycles. The van der Waals surface area contributed by atoms with E-state index in [4.69, 9.17) is 15.5 Å². The van der Waals surface area contributed by atoms with Crippen LogP contribution in [0.3, 0.4) is 0 Å². The fourth-order valence-electron chi connectivity index (χ4n) is 10.2. The molecule has 16 nitrogen and oxygen atoms in total.